The fourth-order valence-corrected chi connectivity index (χ4v) is 1.35. The minimum atomic E-state index is -4.70. The maximum Gasteiger partial charge on any atom is 0.406 e. The Hall–Kier alpha value is -2.00. The molecule has 0 aromatic heterocycles. The van der Waals surface area contributed by atoms with Crippen molar-refractivity contribution in [3.63, 3.8) is 0 Å². The van der Waals surface area contributed by atoms with Crippen LogP contribution in [0.3, 0.4) is 0 Å². The molecule has 0 aromatic rings. The first-order valence-electron chi connectivity index (χ1n) is 6.12. The first-order valence-corrected chi connectivity index (χ1v) is 6.12. The average molecular weight is 314 g/mol. The number of nitrogens with zero attached hydrogens (tertiary/aromatic N) is 1. The van der Waals surface area contributed by atoms with E-state index in [0.717, 1.165) is 0 Å². The van der Waals surface area contributed by atoms with Gasteiger partial charge in [-0.25, -0.2) is 4.79 Å². The van der Waals surface area contributed by atoms with E-state index in [2.05, 4.69) is 10.1 Å². The number of aliphatic carboxylic acids is 1. The van der Waals surface area contributed by atoms with Crippen LogP contribution in [-0.4, -0.2) is 60.4 Å². The number of esters is 1. The molecule has 0 aromatic carbocycles. The summed E-state index contributed by atoms with van der Waals surface area (Å²) in [5.74, 6) is -2.04. The Bertz CT molecular complexity index is 373. The third-order valence-electron chi connectivity index (χ3n) is 2.12. The van der Waals surface area contributed by atoms with Crippen LogP contribution in [0.2, 0.25) is 0 Å². The summed E-state index contributed by atoms with van der Waals surface area (Å²) in [6.45, 7) is -0.957. The van der Waals surface area contributed by atoms with E-state index < -0.39 is 37.2 Å². The summed E-state index contributed by atoms with van der Waals surface area (Å²) in [5, 5.41) is 10.6. The number of ether oxygens (including phenoxy) is 1. The zero-order valence-corrected chi connectivity index (χ0v) is 11.4. The Kier molecular flexibility index (Phi) is 8.17. The highest BCUT2D eigenvalue weighted by Gasteiger charge is 2.33. The molecule has 2 N–H and O–H groups in total. The van der Waals surface area contributed by atoms with E-state index >= 15 is 0 Å². The van der Waals surface area contributed by atoms with Gasteiger partial charge in [-0.1, -0.05) is 0 Å². The van der Waals surface area contributed by atoms with Crippen LogP contribution in [0.4, 0.5) is 18.0 Å². The number of rotatable bonds is 8. The molecule has 0 saturated heterocycles. The summed E-state index contributed by atoms with van der Waals surface area (Å²) >= 11 is 0. The Balaban J connectivity index is 4.22. The molecule has 0 aliphatic carbocycles. The van der Waals surface area contributed by atoms with Crippen molar-refractivity contribution in [3.8, 4) is 0 Å². The van der Waals surface area contributed by atoms with Gasteiger partial charge in [0.25, 0.3) is 0 Å². The summed E-state index contributed by atoms with van der Waals surface area (Å²) in [7, 11) is 0. The van der Waals surface area contributed by atoms with Crippen LogP contribution in [-0.2, 0) is 14.3 Å². The number of amides is 2. The van der Waals surface area contributed by atoms with Crippen LogP contribution >= 0.6 is 0 Å². The molecule has 0 fully saturated rings. The number of carboxylic acid groups (broad SMARTS) is 1. The van der Waals surface area contributed by atoms with Gasteiger partial charge in [-0.15, -0.1) is 0 Å². The van der Waals surface area contributed by atoms with Gasteiger partial charge in [0, 0.05) is 13.0 Å². The second kappa shape index (κ2) is 9.03. The second-order valence-electron chi connectivity index (χ2n) is 4.01. The fourth-order valence-electron chi connectivity index (χ4n) is 1.35. The number of alkyl halides is 3. The van der Waals surface area contributed by atoms with Gasteiger partial charge in [0.2, 0.25) is 0 Å². The number of carboxylic acids is 1. The van der Waals surface area contributed by atoms with E-state index in [1.54, 1.807) is 6.92 Å². The Morgan fingerprint density at radius 2 is 1.90 bits per heavy atom. The summed E-state index contributed by atoms with van der Waals surface area (Å²) in [4.78, 5) is 33.0. The quantitative estimate of drug-likeness (QED) is 0.514. The van der Waals surface area contributed by atoms with Crippen LogP contribution < -0.4 is 5.32 Å². The van der Waals surface area contributed by atoms with Crippen LogP contribution in [0.1, 0.15) is 19.8 Å². The van der Waals surface area contributed by atoms with E-state index in [1.165, 1.54) is 0 Å². The number of carbonyl (C=O) groups excluding carboxylic acids is 2. The molecule has 0 aliphatic heterocycles. The van der Waals surface area contributed by atoms with Gasteiger partial charge in [-0.05, 0) is 13.3 Å². The standard InChI is InChI=1S/C11H17F3N2O5/c1-2-21-9(19)4-3-5-15-10(20)16(6-8(17)18)7-11(12,13)14/h2-7H2,1H3,(H,15,20)(H,17,18). The minimum absolute atomic E-state index is 0.00627. The SMILES string of the molecule is CCOC(=O)CCCNC(=O)N(CC(=O)O)CC(F)(F)F. The molecular formula is C11H17F3N2O5. The maximum absolute atomic E-state index is 12.2. The molecule has 0 radical (unpaired) electrons. The summed E-state index contributed by atoms with van der Waals surface area (Å²) in [6, 6.07) is -1.15. The Morgan fingerprint density at radius 3 is 2.38 bits per heavy atom. The van der Waals surface area contributed by atoms with Crippen LogP contribution in [0, 0.1) is 0 Å². The molecule has 7 nitrogen and oxygen atoms in total. The molecule has 10 heteroatoms. The fraction of sp³-hybridized carbons (Fsp3) is 0.727. The van der Waals surface area contributed by atoms with E-state index in [0.29, 0.717) is 0 Å². The molecular weight excluding hydrogens is 297 g/mol. The predicted octanol–water partition coefficient (Wildman–Crippen LogP) is 0.988. The highest BCUT2D eigenvalue weighted by Crippen LogP contribution is 2.16. The number of hydrogen-bond donors (Lipinski definition) is 2. The van der Waals surface area contributed by atoms with Gasteiger partial charge in [0.1, 0.15) is 13.1 Å². The number of urea groups is 1. The normalized spacial score (nSPS) is 10.9. The second-order valence-corrected chi connectivity index (χ2v) is 4.01. The number of carbonyl (C=O) groups is 3. The Labute approximate surface area is 119 Å². The zero-order valence-electron chi connectivity index (χ0n) is 11.4. The predicted molar refractivity (Wildman–Crippen MR) is 64.5 cm³/mol. The van der Waals surface area contributed by atoms with Gasteiger partial charge in [-0.3, -0.25) is 9.59 Å². The van der Waals surface area contributed by atoms with Crippen LogP contribution in [0.5, 0.6) is 0 Å². The maximum atomic E-state index is 12.2. The summed E-state index contributed by atoms with van der Waals surface area (Å²) < 4.78 is 41.3. The third-order valence-corrected chi connectivity index (χ3v) is 2.12. The summed E-state index contributed by atoms with van der Waals surface area (Å²) in [5.41, 5.74) is 0. The lowest BCUT2D eigenvalue weighted by molar-refractivity contribution is -0.149. The molecule has 0 heterocycles. The van der Waals surface area contributed by atoms with Crippen LogP contribution in [0.15, 0.2) is 0 Å². The molecule has 0 saturated carbocycles. The highest BCUT2D eigenvalue weighted by atomic mass is 19.4. The van der Waals surface area contributed by atoms with E-state index in [9.17, 15) is 27.6 Å². The van der Waals surface area contributed by atoms with Crippen LogP contribution in [0.25, 0.3) is 0 Å². The van der Waals surface area contributed by atoms with E-state index in [-0.39, 0.29) is 30.9 Å². The number of nitrogens with one attached hydrogen (secondary N) is 1. The van der Waals surface area contributed by atoms with Crippen molar-refractivity contribution < 1.29 is 37.4 Å². The molecule has 122 valence electrons. The van der Waals surface area contributed by atoms with Gasteiger partial charge in [0.05, 0.1) is 6.61 Å². The lowest BCUT2D eigenvalue weighted by Crippen LogP contribution is -2.47. The molecule has 0 rings (SSSR count). The smallest absolute Gasteiger partial charge is 0.406 e. The van der Waals surface area contributed by atoms with Crippen molar-refractivity contribution in [1.29, 1.82) is 0 Å². The first kappa shape index (κ1) is 19.0. The highest BCUT2D eigenvalue weighted by molar-refractivity contribution is 5.80. The van der Waals surface area contributed by atoms with Crippen molar-refractivity contribution >= 4 is 18.0 Å². The molecule has 0 atom stereocenters. The molecule has 2 amide bonds. The zero-order chi connectivity index (χ0) is 16.5. The monoisotopic (exact) mass is 314 g/mol. The summed E-state index contributed by atoms with van der Waals surface area (Å²) in [6.07, 6.45) is -4.51. The van der Waals surface area contributed by atoms with Crippen molar-refractivity contribution in [2.75, 3.05) is 26.2 Å². The lowest BCUT2D eigenvalue weighted by Gasteiger charge is -2.22. The average Bonchev–Trinajstić information content (AvgIpc) is 2.31. The van der Waals surface area contributed by atoms with Crippen molar-refractivity contribution in [2.24, 2.45) is 0 Å². The third kappa shape index (κ3) is 10.4. The molecule has 0 unspecified atom stereocenters. The minimum Gasteiger partial charge on any atom is -0.480 e. The largest absolute Gasteiger partial charge is 0.480 e. The Morgan fingerprint density at radius 1 is 1.29 bits per heavy atom. The molecule has 0 aliphatic rings. The topological polar surface area (TPSA) is 95.9 Å². The van der Waals surface area contributed by atoms with Crippen molar-refractivity contribution in [3.05, 3.63) is 0 Å². The van der Waals surface area contributed by atoms with Gasteiger partial charge < -0.3 is 20.1 Å². The van der Waals surface area contributed by atoms with E-state index in [1.807, 2.05) is 0 Å². The lowest BCUT2D eigenvalue weighted by atomic mass is 10.3. The van der Waals surface area contributed by atoms with Gasteiger partial charge in [-0.2, -0.15) is 13.2 Å². The molecule has 21 heavy (non-hydrogen) atoms. The van der Waals surface area contributed by atoms with Gasteiger partial charge in [0.15, 0.2) is 0 Å². The van der Waals surface area contributed by atoms with E-state index in [4.69, 9.17) is 5.11 Å². The molecule has 0 bridgehead atoms. The van der Waals surface area contributed by atoms with Gasteiger partial charge >= 0.3 is 24.1 Å². The first-order chi connectivity index (χ1) is 9.65. The number of hydrogen-bond acceptors (Lipinski definition) is 4. The van der Waals surface area contributed by atoms with Crippen molar-refractivity contribution in [1.82, 2.24) is 10.2 Å². The molecule has 0 spiro atoms. The van der Waals surface area contributed by atoms with Crippen molar-refractivity contribution in [2.45, 2.75) is 25.9 Å². The number of halogens is 3.